The van der Waals surface area contributed by atoms with E-state index in [1.165, 1.54) is 6.07 Å². The van der Waals surface area contributed by atoms with Crippen LogP contribution in [0.4, 0.5) is 18.9 Å². The van der Waals surface area contributed by atoms with Gasteiger partial charge >= 0.3 is 12.1 Å². The van der Waals surface area contributed by atoms with Crippen molar-refractivity contribution in [3.63, 3.8) is 0 Å². The summed E-state index contributed by atoms with van der Waals surface area (Å²) in [4.78, 5) is 23.4. The standard InChI is InChI=1S/C15H15ClF3NO3/c16-12-6-5-8(7-11(12)15(17,18)19)20-13(21)9-3-1-2-4-10(9)14(22)23/h5-7,9-10H,1-4H2,(H,20,21)(H,22,23)/t9-,10+/m1/s1. The van der Waals surface area contributed by atoms with E-state index in [2.05, 4.69) is 5.32 Å². The Labute approximate surface area is 135 Å². The van der Waals surface area contributed by atoms with E-state index in [9.17, 15) is 22.8 Å². The second-order valence-electron chi connectivity index (χ2n) is 5.52. The van der Waals surface area contributed by atoms with Crippen molar-refractivity contribution < 1.29 is 27.9 Å². The first-order valence-corrected chi connectivity index (χ1v) is 7.48. The van der Waals surface area contributed by atoms with Gasteiger partial charge in [0.2, 0.25) is 5.91 Å². The molecule has 8 heteroatoms. The van der Waals surface area contributed by atoms with E-state index in [0.717, 1.165) is 25.0 Å². The van der Waals surface area contributed by atoms with Crippen molar-refractivity contribution in [3.8, 4) is 0 Å². The van der Waals surface area contributed by atoms with Gasteiger partial charge in [0.25, 0.3) is 0 Å². The van der Waals surface area contributed by atoms with Crippen molar-refractivity contribution in [2.45, 2.75) is 31.9 Å². The Hall–Kier alpha value is -1.76. The highest BCUT2D eigenvalue weighted by atomic mass is 35.5. The van der Waals surface area contributed by atoms with Crippen molar-refractivity contribution in [1.82, 2.24) is 0 Å². The highest BCUT2D eigenvalue weighted by molar-refractivity contribution is 6.31. The van der Waals surface area contributed by atoms with Gasteiger partial charge in [0.15, 0.2) is 0 Å². The Balaban J connectivity index is 2.18. The molecule has 1 aliphatic carbocycles. The molecule has 0 aliphatic heterocycles. The van der Waals surface area contributed by atoms with Gasteiger partial charge in [-0.3, -0.25) is 9.59 Å². The number of carboxylic acid groups (broad SMARTS) is 1. The number of hydrogen-bond acceptors (Lipinski definition) is 2. The number of aliphatic carboxylic acids is 1. The molecule has 1 aromatic carbocycles. The van der Waals surface area contributed by atoms with Crippen LogP contribution in [0.2, 0.25) is 5.02 Å². The maximum absolute atomic E-state index is 12.8. The first-order chi connectivity index (χ1) is 10.7. The molecule has 1 aromatic rings. The molecule has 2 N–H and O–H groups in total. The fourth-order valence-electron chi connectivity index (χ4n) is 2.80. The number of carbonyl (C=O) groups excluding carboxylic acids is 1. The van der Waals surface area contributed by atoms with Crippen LogP contribution in [0.1, 0.15) is 31.2 Å². The number of alkyl halides is 3. The summed E-state index contributed by atoms with van der Waals surface area (Å²) in [5.41, 5.74) is -1.10. The summed E-state index contributed by atoms with van der Waals surface area (Å²) in [6, 6.07) is 3.06. The zero-order chi connectivity index (χ0) is 17.2. The molecule has 2 rings (SSSR count). The van der Waals surface area contributed by atoms with Crippen molar-refractivity contribution in [2.24, 2.45) is 11.8 Å². The van der Waals surface area contributed by atoms with Crippen LogP contribution in [0.25, 0.3) is 0 Å². The molecule has 0 unspecified atom stereocenters. The second-order valence-corrected chi connectivity index (χ2v) is 5.92. The fraction of sp³-hybridized carbons (Fsp3) is 0.467. The summed E-state index contributed by atoms with van der Waals surface area (Å²) < 4.78 is 38.4. The van der Waals surface area contributed by atoms with Crippen LogP contribution in [-0.2, 0) is 15.8 Å². The summed E-state index contributed by atoms with van der Waals surface area (Å²) >= 11 is 5.52. The minimum Gasteiger partial charge on any atom is -0.481 e. The lowest BCUT2D eigenvalue weighted by molar-refractivity contribution is -0.147. The quantitative estimate of drug-likeness (QED) is 0.860. The number of amides is 1. The van der Waals surface area contributed by atoms with Crippen LogP contribution >= 0.6 is 11.6 Å². The van der Waals surface area contributed by atoms with Gasteiger partial charge in [0.1, 0.15) is 0 Å². The molecule has 0 bridgehead atoms. The summed E-state index contributed by atoms with van der Waals surface area (Å²) in [6.07, 6.45) is -2.40. The number of rotatable bonds is 3. The van der Waals surface area contributed by atoms with Crippen LogP contribution < -0.4 is 5.32 Å². The lowest BCUT2D eigenvalue weighted by Crippen LogP contribution is -2.36. The van der Waals surface area contributed by atoms with E-state index >= 15 is 0 Å². The van der Waals surface area contributed by atoms with Gasteiger partial charge in [-0.25, -0.2) is 0 Å². The minimum absolute atomic E-state index is 0.0542. The van der Waals surface area contributed by atoms with Gasteiger partial charge in [0, 0.05) is 5.69 Å². The van der Waals surface area contributed by atoms with Gasteiger partial charge in [-0.15, -0.1) is 0 Å². The van der Waals surface area contributed by atoms with Crippen LogP contribution in [0.3, 0.4) is 0 Å². The molecule has 0 spiro atoms. The minimum atomic E-state index is -4.63. The Bertz CT molecular complexity index is 618. The Kier molecular flexibility index (Phi) is 5.19. The Morgan fingerprint density at radius 3 is 2.35 bits per heavy atom. The molecule has 4 nitrogen and oxygen atoms in total. The normalized spacial score (nSPS) is 21.7. The summed E-state index contributed by atoms with van der Waals surface area (Å²) in [6.45, 7) is 0. The van der Waals surface area contributed by atoms with Crippen LogP contribution in [0.15, 0.2) is 18.2 Å². The average molecular weight is 350 g/mol. The monoisotopic (exact) mass is 349 g/mol. The van der Waals surface area contributed by atoms with E-state index in [-0.39, 0.29) is 5.69 Å². The molecule has 1 fully saturated rings. The summed E-state index contributed by atoms with van der Waals surface area (Å²) in [5.74, 6) is -3.19. The predicted octanol–water partition coefficient (Wildman–Crippen LogP) is 4.19. The second kappa shape index (κ2) is 6.78. The number of hydrogen-bond donors (Lipinski definition) is 2. The summed E-state index contributed by atoms with van der Waals surface area (Å²) in [5, 5.41) is 11.1. The van der Waals surface area contributed by atoms with Crippen molar-refractivity contribution in [1.29, 1.82) is 0 Å². The predicted molar refractivity (Wildman–Crippen MR) is 78.2 cm³/mol. The van der Waals surface area contributed by atoms with Gasteiger partial charge in [-0.05, 0) is 31.0 Å². The van der Waals surface area contributed by atoms with Gasteiger partial charge < -0.3 is 10.4 Å². The molecular weight excluding hydrogens is 335 g/mol. The number of halogens is 4. The zero-order valence-corrected chi connectivity index (χ0v) is 12.7. The van der Waals surface area contributed by atoms with E-state index in [0.29, 0.717) is 12.8 Å². The molecule has 126 valence electrons. The Morgan fingerprint density at radius 1 is 1.17 bits per heavy atom. The third-order valence-electron chi connectivity index (χ3n) is 3.96. The first-order valence-electron chi connectivity index (χ1n) is 7.10. The van der Waals surface area contributed by atoms with Crippen molar-refractivity contribution >= 4 is 29.2 Å². The van der Waals surface area contributed by atoms with E-state index < -0.39 is 40.5 Å². The van der Waals surface area contributed by atoms with E-state index in [1.807, 2.05) is 0 Å². The molecule has 1 saturated carbocycles. The highest BCUT2D eigenvalue weighted by Crippen LogP contribution is 2.37. The van der Waals surface area contributed by atoms with Crippen LogP contribution in [0.5, 0.6) is 0 Å². The van der Waals surface area contributed by atoms with Crippen molar-refractivity contribution in [3.05, 3.63) is 28.8 Å². The highest BCUT2D eigenvalue weighted by Gasteiger charge is 2.36. The number of carboxylic acids is 1. The molecule has 0 heterocycles. The molecule has 23 heavy (non-hydrogen) atoms. The third kappa shape index (κ3) is 4.16. The molecular formula is C15H15ClF3NO3. The maximum atomic E-state index is 12.8. The number of carbonyl (C=O) groups is 2. The molecule has 0 aromatic heterocycles. The third-order valence-corrected chi connectivity index (χ3v) is 4.29. The van der Waals surface area contributed by atoms with Gasteiger partial charge in [-0.1, -0.05) is 24.4 Å². The number of benzene rings is 1. The van der Waals surface area contributed by atoms with Crippen molar-refractivity contribution in [2.75, 3.05) is 5.32 Å². The molecule has 0 radical (unpaired) electrons. The molecule has 1 aliphatic rings. The van der Waals surface area contributed by atoms with Crippen LogP contribution in [0, 0.1) is 11.8 Å². The number of anilines is 1. The Morgan fingerprint density at radius 2 is 1.78 bits per heavy atom. The lowest BCUT2D eigenvalue weighted by Gasteiger charge is -2.27. The maximum Gasteiger partial charge on any atom is 0.417 e. The SMILES string of the molecule is O=C(O)[C@H]1CCCC[C@H]1C(=O)Nc1ccc(Cl)c(C(F)(F)F)c1. The van der Waals surface area contributed by atoms with Gasteiger partial charge in [0.05, 0.1) is 22.4 Å². The molecule has 2 atom stereocenters. The first kappa shape index (κ1) is 17.6. The smallest absolute Gasteiger partial charge is 0.417 e. The zero-order valence-electron chi connectivity index (χ0n) is 12.0. The topological polar surface area (TPSA) is 66.4 Å². The largest absolute Gasteiger partial charge is 0.481 e. The van der Waals surface area contributed by atoms with E-state index in [1.54, 1.807) is 0 Å². The van der Waals surface area contributed by atoms with E-state index in [4.69, 9.17) is 16.7 Å². The summed E-state index contributed by atoms with van der Waals surface area (Å²) in [7, 11) is 0. The molecule has 0 saturated heterocycles. The van der Waals surface area contributed by atoms with Crippen LogP contribution in [-0.4, -0.2) is 17.0 Å². The average Bonchev–Trinajstić information content (AvgIpc) is 2.48. The fourth-order valence-corrected chi connectivity index (χ4v) is 3.02. The number of nitrogens with one attached hydrogen (secondary N) is 1. The lowest BCUT2D eigenvalue weighted by atomic mass is 9.78. The molecule has 1 amide bonds. The van der Waals surface area contributed by atoms with Gasteiger partial charge in [-0.2, -0.15) is 13.2 Å².